The van der Waals surface area contributed by atoms with E-state index in [1.54, 1.807) is 11.5 Å². The van der Waals surface area contributed by atoms with Gasteiger partial charge in [0.1, 0.15) is 6.61 Å². The number of ether oxygens (including phenoxy) is 1. The summed E-state index contributed by atoms with van der Waals surface area (Å²) >= 11 is 1.37. The van der Waals surface area contributed by atoms with E-state index < -0.39 is 5.97 Å². The van der Waals surface area contributed by atoms with Crippen LogP contribution in [-0.2, 0) is 11.3 Å². The summed E-state index contributed by atoms with van der Waals surface area (Å²) < 4.78 is 5.24. The lowest BCUT2D eigenvalue weighted by Gasteiger charge is -2.04. The van der Waals surface area contributed by atoms with Crippen LogP contribution in [0.3, 0.4) is 0 Å². The van der Waals surface area contributed by atoms with Crippen LogP contribution in [0.15, 0.2) is 42.3 Å². The summed E-state index contributed by atoms with van der Waals surface area (Å²) in [6.07, 6.45) is 1.73. The van der Waals surface area contributed by atoms with Crippen molar-refractivity contribution in [3.63, 3.8) is 0 Å². The standard InChI is InChI=1S/C15H16N2O2S/c1-3-7-16-15-17-13(10-20-15)14(18)19-9-12-6-4-5-11(2)8-12/h3-6,8,10H,1,7,9H2,2H3,(H,16,17). The second-order valence-corrected chi connectivity index (χ2v) is 5.13. The Morgan fingerprint density at radius 2 is 2.40 bits per heavy atom. The molecule has 2 rings (SSSR count). The number of aryl methyl sites for hydroxylation is 1. The predicted molar refractivity (Wildman–Crippen MR) is 81.1 cm³/mol. The Kier molecular flexibility index (Phi) is 4.90. The molecule has 2 aromatic rings. The quantitative estimate of drug-likeness (QED) is 0.654. The zero-order chi connectivity index (χ0) is 14.4. The monoisotopic (exact) mass is 288 g/mol. The zero-order valence-corrected chi connectivity index (χ0v) is 12.1. The lowest BCUT2D eigenvalue weighted by atomic mass is 10.1. The van der Waals surface area contributed by atoms with Crippen molar-refractivity contribution in [1.82, 2.24) is 4.98 Å². The van der Waals surface area contributed by atoms with Gasteiger partial charge in [-0.25, -0.2) is 9.78 Å². The number of nitrogens with one attached hydrogen (secondary N) is 1. The third kappa shape index (κ3) is 3.93. The highest BCUT2D eigenvalue weighted by Gasteiger charge is 2.12. The average Bonchev–Trinajstić information content (AvgIpc) is 2.91. The molecule has 104 valence electrons. The summed E-state index contributed by atoms with van der Waals surface area (Å²) in [5, 5.41) is 5.40. The minimum absolute atomic E-state index is 0.257. The Bertz CT molecular complexity index is 607. The van der Waals surface area contributed by atoms with Crippen LogP contribution >= 0.6 is 11.3 Å². The molecule has 0 saturated heterocycles. The fourth-order valence-electron chi connectivity index (χ4n) is 1.63. The minimum atomic E-state index is -0.408. The molecule has 0 unspecified atom stereocenters. The van der Waals surface area contributed by atoms with Crippen molar-refractivity contribution >= 4 is 22.4 Å². The molecule has 5 heteroatoms. The molecule has 0 saturated carbocycles. The number of carbonyl (C=O) groups excluding carboxylic acids is 1. The van der Waals surface area contributed by atoms with Gasteiger partial charge in [-0.05, 0) is 12.5 Å². The Morgan fingerprint density at radius 3 is 3.15 bits per heavy atom. The Morgan fingerprint density at radius 1 is 1.55 bits per heavy atom. The van der Waals surface area contributed by atoms with Gasteiger partial charge in [-0.15, -0.1) is 17.9 Å². The number of benzene rings is 1. The van der Waals surface area contributed by atoms with Gasteiger partial charge in [0, 0.05) is 11.9 Å². The van der Waals surface area contributed by atoms with E-state index in [4.69, 9.17) is 4.74 Å². The van der Waals surface area contributed by atoms with Crippen molar-refractivity contribution in [3.8, 4) is 0 Å². The zero-order valence-electron chi connectivity index (χ0n) is 11.3. The molecule has 20 heavy (non-hydrogen) atoms. The summed E-state index contributed by atoms with van der Waals surface area (Å²) in [6.45, 7) is 6.49. The molecule has 1 N–H and O–H groups in total. The summed E-state index contributed by atoms with van der Waals surface area (Å²) in [6, 6.07) is 7.87. The summed E-state index contributed by atoms with van der Waals surface area (Å²) in [5.74, 6) is -0.408. The van der Waals surface area contributed by atoms with Gasteiger partial charge >= 0.3 is 5.97 Å². The van der Waals surface area contributed by atoms with Crippen molar-refractivity contribution in [2.24, 2.45) is 0 Å². The fourth-order valence-corrected chi connectivity index (χ4v) is 2.32. The number of thiazole rings is 1. The van der Waals surface area contributed by atoms with Gasteiger partial charge in [0.05, 0.1) is 0 Å². The number of esters is 1. The van der Waals surface area contributed by atoms with Crippen LogP contribution in [0.1, 0.15) is 21.6 Å². The summed E-state index contributed by atoms with van der Waals surface area (Å²) in [4.78, 5) is 16.0. The Hall–Kier alpha value is -2.14. The molecule has 0 bridgehead atoms. The number of anilines is 1. The third-order valence-electron chi connectivity index (χ3n) is 2.56. The summed E-state index contributed by atoms with van der Waals surface area (Å²) in [5.41, 5.74) is 2.44. The molecule has 0 amide bonds. The molecule has 0 radical (unpaired) electrons. The second-order valence-electron chi connectivity index (χ2n) is 4.27. The average molecular weight is 288 g/mol. The van der Waals surface area contributed by atoms with Crippen LogP contribution in [-0.4, -0.2) is 17.5 Å². The predicted octanol–water partition coefficient (Wildman–Crippen LogP) is 3.41. The number of hydrogen-bond donors (Lipinski definition) is 1. The molecule has 0 aliphatic rings. The topological polar surface area (TPSA) is 51.2 Å². The Balaban J connectivity index is 1.91. The highest BCUT2D eigenvalue weighted by atomic mass is 32.1. The van der Waals surface area contributed by atoms with Crippen molar-refractivity contribution in [2.75, 3.05) is 11.9 Å². The molecule has 0 atom stereocenters. The molecule has 0 aliphatic heterocycles. The van der Waals surface area contributed by atoms with Crippen LogP contribution in [0.25, 0.3) is 0 Å². The van der Waals surface area contributed by atoms with Gasteiger partial charge in [0.2, 0.25) is 0 Å². The van der Waals surface area contributed by atoms with Gasteiger partial charge < -0.3 is 10.1 Å². The van der Waals surface area contributed by atoms with Gasteiger partial charge in [-0.2, -0.15) is 0 Å². The van der Waals surface area contributed by atoms with E-state index in [1.807, 2.05) is 31.2 Å². The molecule has 0 aliphatic carbocycles. The van der Waals surface area contributed by atoms with Gasteiger partial charge in [0.15, 0.2) is 10.8 Å². The van der Waals surface area contributed by atoms with E-state index in [1.165, 1.54) is 11.3 Å². The van der Waals surface area contributed by atoms with E-state index in [2.05, 4.69) is 16.9 Å². The molecule has 1 aromatic carbocycles. The van der Waals surface area contributed by atoms with Gasteiger partial charge in [0.25, 0.3) is 0 Å². The normalized spacial score (nSPS) is 10.1. The van der Waals surface area contributed by atoms with Crippen LogP contribution < -0.4 is 5.32 Å². The van der Waals surface area contributed by atoms with E-state index >= 15 is 0 Å². The molecule has 1 aromatic heterocycles. The first-order valence-corrected chi connectivity index (χ1v) is 7.10. The van der Waals surface area contributed by atoms with E-state index in [0.717, 1.165) is 11.1 Å². The van der Waals surface area contributed by atoms with Crippen LogP contribution in [0.4, 0.5) is 5.13 Å². The highest BCUT2D eigenvalue weighted by molar-refractivity contribution is 7.13. The largest absolute Gasteiger partial charge is 0.456 e. The molecule has 4 nitrogen and oxygen atoms in total. The third-order valence-corrected chi connectivity index (χ3v) is 3.36. The van der Waals surface area contributed by atoms with Crippen molar-refractivity contribution in [1.29, 1.82) is 0 Å². The fraction of sp³-hybridized carbons (Fsp3) is 0.200. The van der Waals surface area contributed by atoms with Crippen molar-refractivity contribution < 1.29 is 9.53 Å². The first-order valence-electron chi connectivity index (χ1n) is 6.22. The van der Waals surface area contributed by atoms with Gasteiger partial charge in [-0.3, -0.25) is 0 Å². The number of nitrogens with zero attached hydrogens (tertiary/aromatic N) is 1. The molecule has 1 heterocycles. The van der Waals surface area contributed by atoms with Gasteiger partial charge in [-0.1, -0.05) is 35.9 Å². The second kappa shape index (κ2) is 6.86. The summed E-state index contributed by atoms with van der Waals surface area (Å²) in [7, 11) is 0. The lowest BCUT2D eigenvalue weighted by Crippen LogP contribution is -2.06. The highest BCUT2D eigenvalue weighted by Crippen LogP contribution is 2.16. The SMILES string of the molecule is C=CCNc1nc(C(=O)OCc2cccc(C)c2)cs1. The number of hydrogen-bond acceptors (Lipinski definition) is 5. The maximum Gasteiger partial charge on any atom is 0.358 e. The Labute approximate surface area is 122 Å². The number of aromatic nitrogens is 1. The van der Waals surface area contributed by atoms with Crippen LogP contribution in [0.2, 0.25) is 0 Å². The van der Waals surface area contributed by atoms with Crippen LogP contribution in [0.5, 0.6) is 0 Å². The van der Waals surface area contributed by atoms with E-state index in [-0.39, 0.29) is 6.61 Å². The number of rotatable bonds is 6. The van der Waals surface area contributed by atoms with Crippen molar-refractivity contribution in [3.05, 3.63) is 59.1 Å². The van der Waals surface area contributed by atoms with Crippen LogP contribution in [0, 0.1) is 6.92 Å². The minimum Gasteiger partial charge on any atom is -0.456 e. The maximum absolute atomic E-state index is 11.9. The van der Waals surface area contributed by atoms with E-state index in [0.29, 0.717) is 17.4 Å². The smallest absolute Gasteiger partial charge is 0.358 e. The lowest BCUT2D eigenvalue weighted by molar-refractivity contribution is 0.0466. The van der Waals surface area contributed by atoms with Crippen molar-refractivity contribution in [2.45, 2.75) is 13.5 Å². The first-order chi connectivity index (χ1) is 9.69. The maximum atomic E-state index is 11.9. The van der Waals surface area contributed by atoms with E-state index in [9.17, 15) is 4.79 Å². The number of carbonyl (C=O) groups is 1. The first kappa shape index (κ1) is 14.3. The molecule has 0 fully saturated rings. The molecule has 0 spiro atoms. The molecular formula is C15H16N2O2S. The molecular weight excluding hydrogens is 272 g/mol.